The highest BCUT2D eigenvalue weighted by atomic mass is 35.5. The molecule has 8 nitrogen and oxygen atoms in total. The molecule has 0 saturated heterocycles. The molecular formula is C20H18ClF3N4O4. The molecule has 32 heavy (non-hydrogen) atoms. The Balaban J connectivity index is 1.90. The van der Waals surface area contributed by atoms with E-state index in [-0.39, 0.29) is 16.5 Å². The molecule has 3 N–H and O–H groups in total. The van der Waals surface area contributed by atoms with Crippen LogP contribution < -0.4 is 20.8 Å². The number of hydrazone groups is 1. The summed E-state index contributed by atoms with van der Waals surface area (Å²) in [4.78, 5) is 34.7. The molecule has 2 rings (SSSR count). The first-order valence-electron chi connectivity index (χ1n) is 9.11. The van der Waals surface area contributed by atoms with Crippen molar-refractivity contribution < 1.29 is 32.3 Å². The number of nitrogens with one attached hydrogen (secondary N) is 3. The van der Waals surface area contributed by atoms with Gasteiger partial charge in [0, 0.05) is 12.2 Å². The van der Waals surface area contributed by atoms with Gasteiger partial charge in [0.25, 0.3) is 5.91 Å². The molecule has 0 atom stereocenters. The Bertz CT molecular complexity index is 1030. The number of alkyl halides is 3. The molecular weight excluding hydrogens is 453 g/mol. The number of ether oxygens (including phenoxy) is 1. The van der Waals surface area contributed by atoms with Crippen molar-refractivity contribution in [2.24, 2.45) is 5.10 Å². The van der Waals surface area contributed by atoms with Gasteiger partial charge in [-0.1, -0.05) is 17.7 Å². The fourth-order valence-electron chi connectivity index (χ4n) is 2.29. The van der Waals surface area contributed by atoms with Crippen molar-refractivity contribution in [2.45, 2.75) is 13.1 Å². The highest BCUT2D eigenvalue weighted by Crippen LogP contribution is 2.30. The molecule has 0 saturated carbocycles. The van der Waals surface area contributed by atoms with Crippen LogP contribution in [0.1, 0.15) is 18.1 Å². The van der Waals surface area contributed by atoms with Gasteiger partial charge in [-0.15, -0.1) is 0 Å². The molecule has 0 heterocycles. The monoisotopic (exact) mass is 470 g/mol. The zero-order valence-electron chi connectivity index (χ0n) is 16.6. The Kier molecular flexibility index (Phi) is 8.59. The van der Waals surface area contributed by atoms with E-state index in [1.807, 2.05) is 5.43 Å². The van der Waals surface area contributed by atoms with E-state index in [2.05, 4.69) is 15.7 Å². The number of anilines is 1. The number of likely N-dealkylation sites (N-methyl/N-ethyl adjacent to an activating group) is 1. The lowest BCUT2D eigenvalue weighted by Crippen LogP contribution is -2.37. The first-order valence-corrected chi connectivity index (χ1v) is 9.48. The van der Waals surface area contributed by atoms with Gasteiger partial charge < -0.3 is 15.4 Å². The van der Waals surface area contributed by atoms with Crippen molar-refractivity contribution in [3.8, 4) is 5.75 Å². The van der Waals surface area contributed by atoms with Crippen LogP contribution in [-0.4, -0.2) is 37.1 Å². The van der Waals surface area contributed by atoms with Crippen LogP contribution in [0.25, 0.3) is 0 Å². The van der Waals surface area contributed by atoms with Crippen LogP contribution in [0, 0.1) is 0 Å². The van der Waals surface area contributed by atoms with E-state index in [0.717, 1.165) is 12.1 Å². The van der Waals surface area contributed by atoms with E-state index >= 15 is 0 Å². The average Bonchev–Trinajstić information content (AvgIpc) is 2.73. The predicted octanol–water partition coefficient (Wildman–Crippen LogP) is 2.96. The fourth-order valence-corrected chi connectivity index (χ4v) is 2.53. The number of amides is 3. The number of carbonyl (C=O) groups excluding carboxylic acids is 3. The van der Waals surface area contributed by atoms with Crippen molar-refractivity contribution in [1.82, 2.24) is 10.7 Å². The maximum absolute atomic E-state index is 12.7. The van der Waals surface area contributed by atoms with Crippen LogP contribution >= 0.6 is 11.6 Å². The maximum atomic E-state index is 12.7. The van der Waals surface area contributed by atoms with Gasteiger partial charge in [0.05, 0.1) is 16.8 Å². The Morgan fingerprint density at radius 2 is 1.88 bits per heavy atom. The van der Waals surface area contributed by atoms with Crippen molar-refractivity contribution in [2.75, 3.05) is 18.5 Å². The molecule has 0 radical (unpaired) electrons. The summed E-state index contributed by atoms with van der Waals surface area (Å²) in [5.74, 6) is -2.29. The van der Waals surface area contributed by atoms with Crippen LogP contribution in [-0.2, 0) is 20.6 Å². The lowest BCUT2D eigenvalue weighted by Gasteiger charge is -2.11. The predicted molar refractivity (Wildman–Crippen MR) is 111 cm³/mol. The molecule has 0 aliphatic rings. The minimum absolute atomic E-state index is 0.0271. The third-order valence-corrected chi connectivity index (χ3v) is 4.01. The zero-order chi connectivity index (χ0) is 23.7. The van der Waals surface area contributed by atoms with E-state index in [1.165, 1.54) is 36.5 Å². The second kappa shape index (κ2) is 11.1. The molecule has 170 valence electrons. The Hall–Kier alpha value is -3.60. The zero-order valence-corrected chi connectivity index (χ0v) is 17.4. The quantitative estimate of drug-likeness (QED) is 0.328. The highest BCUT2D eigenvalue weighted by molar-refractivity contribution is 6.35. The van der Waals surface area contributed by atoms with E-state index in [4.69, 9.17) is 16.3 Å². The second-order valence-electron chi connectivity index (χ2n) is 6.16. The number of benzene rings is 2. The van der Waals surface area contributed by atoms with Crippen molar-refractivity contribution in [1.29, 1.82) is 0 Å². The van der Waals surface area contributed by atoms with Crippen molar-refractivity contribution in [3.63, 3.8) is 0 Å². The summed E-state index contributed by atoms with van der Waals surface area (Å²) in [5.41, 5.74) is 1.59. The molecule has 0 unspecified atom stereocenters. The average molecular weight is 471 g/mol. The minimum Gasteiger partial charge on any atom is -0.482 e. The number of carbonyl (C=O) groups is 3. The lowest BCUT2D eigenvalue weighted by molar-refractivity contribution is -0.139. The molecule has 2 aromatic rings. The number of nitrogens with zero attached hydrogens (tertiary/aromatic N) is 1. The Labute approximate surface area is 185 Å². The summed E-state index contributed by atoms with van der Waals surface area (Å²) in [6.45, 7) is 1.46. The van der Waals surface area contributed by atoms with Crippen LogP contribution in [0.15, 0.2) is 47.6 Å². The molecule has 2 aromatic carbocycles. The molecule has 0 spiro atoms. The summed E-state index contributed by atoms with van der Waals surface area (Å²) in [7, 11) is 0. The van der Waals surface area contributed by atoms with Gasteiger partial charge in [0.1, 0.15) is 5.75 Å². The third-order valence-electron chi connectivity index (χ3n) is 3.71. The van der Waals surface area contributed by atoms with Crippen LogP contribution in [0.3, 0.4) is 0 Å². The van der Waals surface area contributed by atoms with Crippen molar-refractivity contribution >= 4 is 41.2 Å². The molecule has 3 amide bonds. The largest absolute Gasteiger partial charge is 0.482 e. The standard InChI is InChI=1S/C20H18ClF3N4O4/c1-2-25-18(30)19(31)28-26-10-12-6-7-16(15(21)8-12)32-11-17(29)27-14-5-3-4-13(9-14)20(22,23)24/h3-10H,2,11H2,1H3,(H,25,30)(H,27,29)(H,28,31)/b26-10-. The van der Waals surface area contributed by atoms with Gasteiger partial charge in [-0.2, -0.15) is 18.3 Å². The van der Waals surface area contributed by atoms with Gasteiger partial charge >= 0.3 is 18.0 Å². The summed E-state index contributed by atoms with van der Waals surface area (Å²) in [6.07, 6.45) is -3.28. The van der Waals surface area contributed by atoms with Gasteiger partial charge in [-0.05, 0) is 48.9 Å². The smallest absolute Gasteiger partial charge is 0.416 e. The minimum atomic E-state index is -4.53. The maximum Gasteiger partial charge on any atom is 0.416 e. The molecule has 0 aromatic heterocycles. The van der Waals surface area contributed by atoms with Gasteiger partial charge in [0.2, 0.25) is 0 Å². The van der Waals surface area contributed by atoms with E-state index in [1.54, 1.807) is 6.92 Å². The van der Waals surface area contributed by atoms with Gasteiger partial charge in [-0.3, -0.25) is 14.4 Å². The first kappa shape index (κ1) is 24.7. The summed E-state index contributed by atoms with van der Waals surface area (Å²) in [5, 5.41) is 8.38. The topological polar surface area (TPSA) is 109 Å². The molecule has 0 aliphatic carbocycles. The first-order chi connectivity index (χ1) is 15.1. The molecule has 0 fully saturated rings. The van der Waals surface area contributed by atoms with E-state index in [0.29, 0.717) is 12.1 Å². The fraction of sp³-hybridized carbons (Fsp3) is 0.200. The molecule has 0 bridgehead atoms. The van der Waals surface area contributed by atoms with Crippen molar-refractivity contribution in [3.05, 3.63) is 58.6 Å². The lowest BCUT2D eigenvalue weighted by atomic mass is 10.2. The normalized spacial score (nSPS) is 11.2. The second-order valence-corrected chi connectivity index (χ2v) is 6.57. The highest BCUT2D eigenvalue weighted by Gasteiger charge is 2.30. The molecule has 0 aliphatic heterocycles. The van der Waals surface area contributed by atoms with Crippen LogP contribution in [0.4, 0.5) is 18.9 Å². The summed E-state index contributed by atoms with van der Waals surface area (Å²) in [6, 6.07) is 8.59. The molecule has 12 heteroatoms. The number of rotatable bonds is 7. The summed E-state index contributed by atoms with van der Waals surface area (Å²) >= 11 is 6.08. The van der Waals surface area contributed by atoms with E-state index in [9.17, 15) is 27.6 Å². The summed E-state index contributed by atoms with van der Waals surface area (Å²) < 4.78 is 43.5. The Morgan fingerprint density at radius 3 is 2.53 bits per heavy atom. The van der Waals surface area contributed by atoms with Crippen LogP contribution in [0.2, 0.25) is 5.02 Å². The number of halogens is 4. The van der Waals surface area contributed by atoms with Gasteiger partial charge in [0.15, 0.2) is 6.61 Å². The van der Waals surface area contributed by atoms with Gasteiger partial charge in [-0.25, -0.2) is 5.43 Å². The van der Waals surface area contributed by atoms with E-state index < -0.39 is 36.1 Å². The SMILES string of the molecule is CCNC(=O)C(=O)N/N=C\c1ccc(OCC(=O)Nc2cccc(C(F)(F)F)c2)c(Cl)c1. The Morgan fingerprint density at radius 1 is 1.12 bits per heavy atom. The number of hydrogen-bond acceptors (Lipinski definition) is 5. The van der Waals surface area contributed by atoms with Crippen LogP contribution in [0.5, 0.6) is 5.75 Å². The number of hydrogen-bond donors (Lipinski definition) is 3. The third kappa shape index (κ3) is 7.58.